The number of nitrogens with two attached hydrogens (primary N) is 1. The molecule has 0 saturated carbocycles. The third-order valence-corrected chi connectivity index (χ3v) is 4.47. The Hall–Kier alpha value is -0.900. The number of nitrogens with zero attached hydrogens (tertiary/aromatic N) is 2. The lowest BCUT2D eigenvalue weighted by Crippen LogP contribution is -2.52. The van der Waals surface area contributed by atoms with Crippen LogP contribution in [0.25, 0.3) is 0 Å². The Morgan fingerprint density at radius 1 is 1.17 bits per heavy atom. The van der Waals surface area contributed by atoms with E-state index in [2.05, 4.69) is 40.1 Å². The number of rotatable bonds is 3. The molecule has 98 valence electrons. The number of piperazine rings is 1. The first-order chi connectivity index (χ1) is 8.88. The predicted octanol–water partition coefficient (Wildman–Crippen LogP) is 1.47. The summed E-state index contributed by atoms with van der Waals surface area (Å²) in [6.45, 7) is 5.59. The number of hydrogen-bond acceptors (Lipinski definition) is 3. The maximum absolute atomic E-state index is 6.02. The second kappa shape index (κ2) is 5.39. The highest BCUT2D eigenvalue weighted by atomic mass is 15.3. The zero-order chi connectivity index (χ0) is 12.4. The first-order valence-corrected chi connectivity index (χ1v) is 7.11. The average Bonchev–Trinajstić information content (AvgIpc) is 2.88. The van der Waals surface area contributed by atoms with Crippen LogP contribution < -0.4 is 5.73 Å². The van der Waals surface area contributed by atoms with Crippen LogP contribution in [0.4, 0.5) is 0 Å². The number of benzene rings is 1. The molecule has 2 fully saturated rings. The average molecular weight is 245 g/mol. The van der Waals surface area contributed by atoms with Crippen LogP contribution >= 0.6 is 0 Å². The minimum atomic E-state index is 0.397. The van der Waals surface area contributed by atoms with Crippen LogP contribution in [0.2, 0.25) is 0 Å². The second-order valence-corrected chi connectivity index (χ2v) is 5.49. The molecule has 0 aliphatic carbocycles. The zero-order valence-corrected chi connectivity index (χ0v) is 11.0. The van der Waals surface area contributed by atoms with Crippen LogP contribution in [0, 0.1) is 0 Å². The van der Waals surface area contributed by atoms with Crippen molar-refractivity contribution in [1.82, 2.24) is 9.80 Å². The van der Waals surface area contributed by atoms with Crippen LogP contribution in [0.15, 0.2) is 30.3 Å². The Morgan fingerprint density at radius 2 is 2.00 bits per heavy atom. The van der Waals surface area contributed by atoms with E-state index < -0.39 is 0 Å². The molecular weight excluding hydrogens is 222 g/mol. The van der Waals surface area contributed by atoms with Gasteiger partial charge in [0.1, 0.15) is 0 Å². The Balaban J connectivity index is 1.72. The van der Waals surface area contributed by atoms with Gasteiger partial charge in [-0.1, -0.05) is 30.3 Å². The van der Waals surface area contributed by atoms with Gasteiger partial charge in [-0.05, 0) is 24.9 Å². The largest absolute Gasteiger partial charge is 0.329 e. The summed E-state index contributed by atoms with van der Waals surface area (Å²) < 4.78 is 0. The summed E-state index contributed by atoms with van der Waals surface area (Å²) in [5, 5.41) is 0. The molecule has 0 radical (unpaired) electrons. The van der Waals surface area contributed by atoms with Gasteiger partial charge in [-0.2, -0.15) is 0 Å². The van der Waals surface area contributed by atoms with Gasteiger partial charge < -0.3 is 5.73 Å². The molecular formula is C15H23N3. The van der Waals surface area contributed by atoms with Crippen molar-refractivity contribution >= 4 is 0 Å². The molecule has 0 bridgehead atoms. The van der Waals surface area contributed by atoms with Gasteiger partial charge in [0.05, 0.1) is 0 Å². The normalized spacial score (nSPS) is 27.1. The molecule has 2 N–H and O–H groups in total. The third-order valence-electron chi connectivity index (χ3n) is 4.47. The van der Waals surface area contributed by atoms with Crippen LogP contribution in [0.1, 0.15) is 24.4 Å². The van der Waals surface area contributed by atoms with Gasteiger partial charge in [0, 0.05) is 38.3 Å². The molecule has 2 unspecified atom stereocenters. The first-order valence-electron chi connectivity index (χ1n) is 7.11. The highest BCUT2D eigenvalue weighted by Gasteiger charge is 2.33. The Labute approximate surface area is 110 Å². The predicted molar refractivity (Wildman–Crippen MR) is 74.4 cm³/mol. The molecule has 3 heteroatoms. The maximum atomic E-state index is 6.02. The van der Waals surface area contributed by atoms with Gasteiger partial charge in [0.2, 0.25) is 0 Å². The van der Waals surface area contributed by atoms with Gasteiger partial charge in [-0.25, -0.2) is 0 Å². The van der Waals surface area contributed by atoms with Crippen molar-refractivity contribution in [3.05, 3.63) is 35.9 Å². The molecule has 2 aliphatic rings. The van der Waals surface area contributed by atoms with E-state index in [0.717, 1.165) is 19.1 Å². The lowest BCUT2D eigenvalue weighted by atomic mass is 10.0. The molecule has 2 aliphatic heterocycles. The van der Waals surface area contributed by atoms with E-state index in [1.165, 1.54) is 38.0 Å². The van der Waals surface area contributed by atoms with Crippen molar-refractivity contribution in [1.29, 1.82) is 0 Å². The quantitative estimate of drug-likeness (QED) is 0.875. The van der Waals surface area contributed by atoms with Gasteiger partial charge >= 0.3 is 0 Å². The number of hydrogen-bond donors (Lipinski definition) is 1. The van der Waals surface area contributed by atoms with Crippen molar-refractivity contribution < 1.29 is 0 Å². The fourth-order valence-electron chi connectivity index (χ4n) is 3.47. The van der Waals surface area contributed by atoms with Gasteiger partial charge in [-0.15, -0.1) is 0 Å². The lowest BCUT2D eigenvalue weighted by molar-refractivity contribution is 0.0737. The van der Waals surface area contributed by atoms with E-state index in [-0.39, 0.29) is 0 Å². The molecule has 0 amide bonds. The van der Waals surface area contributed by atoms with Crippen LogP contribution in [-0.4, -0.2) is 48.6 Å². The van der Waals surface area contributed by atoms with Gasteiger partial charge in [0.15, 0.2) is 0 Å². The summed E-state index contributed by atoms with van der Waals surface area (Å²) >= 11 is 0. The highest BCUT2D eigenvalue weighted by Crippen LogP contribution is 2.27. The standard InChI is InChI=1S/C15H23N3/c16-11-15(13-5-2-1-3-6-13)18-10-9-17-8-4-7-14(17)12-18/h1-3,5-6,14-15H,4,7-12,16H2. The molecule has 1 aromatic rings. The summed E-state index contributed by atoms with van der Waals surface area (Å²) in [5.41, 5.74) is 7.38. The molecule has 0 aromatic heterocycles. The molecule has 1 aromatic carbocycles. The zero-order valence-electron chi connectivity index (χ0n) is 11.0. The van der Waals surface area contributed by atoms with Crippen LogP contribution in [0.3, 0.4) is 0 Å². The van der Waals surface area contributed by atoms with Crippen molar-refractivity contribution in [3.63, 3.8) is 0 Å². The molecule has 2 heterocycles. The van der Waals surface area contributed by atoms with E-state index in [1.807, 2.05) is 0 Å². The molecule has 2 saturated heterocycles. The second-order valence-electron chi connectivity index (χ2n) is 5.49. The molecule has 3 rings (SSSR count). The summed E-state index contributed by atoms with van der Waals surface area (Å²) in [6, 6.07) is 11.9. The Kier molecular flexibility index (Phi) is 3.64. The van der Waals surface area contributed by atoms with Crippen LogP contribution in [0.5, 0.6) is 0 Å². The highest BCUT2D eigenvalue weighted by molar-refractivity contribution is 5.19. The maximum Gasteiger partial charge on any atom is 0.0471 e. The SMILES string of the molecule is NCC(c1ccccc1)N1CCN2CCCC2C1. The Bertz CT molecular complexity index is 379. The summed E-state index contributed by atoms with van der Waals surface area (Å²) in [7, 11) is 0. The minimum absolute atomic E-state index is 0.397. The van der Waals surface area contributed by atoms with Gasteiger partial charge in [-0.3, -0.25) is 9.80 Å². The van der Waals surface area contributed by atoms with Gasteiger partial charge in [0.25, 0.3) is 0 Å². The lowest BCUT2D eigenvalue weighted by Gasteiger charge is -2.41. The monoisotopic (exact) mass is 245 g/mol. The molecule has 18 heavy (non-hydrogen) atoms. The van der Waals surface area contributed by atoms with Crippen LogP contribution in [-0.2, 0) is 0 Å². The first kappa shape index (κ1) is 12.2. The molecule has 0 spiro atoms. The third kappa shape index (κ3) is 2.30. The van der Waals surface area contributed by atoms with Crippen molar-refractivity contribution in [2.75, 3.05) is 32.7 Å². The van der Waals surface area contributed by atoms with E-state index in [0.29, 0.717) is 6.04 Å². The fourth-order valence-corrected chi connectivity index (χ4v) is 3.47. The smallest absolute Gasteiger partial charge is 0.0471 e. The molecule has 3 nitrogen and oxygen atoms in total. The van der Waals surface area contributed by atoms with E-state index in [9.17, 15) is 0 Å². The van der Waals surface area contributed by atoms with E-state index >= 15 is 0 Å². The van der Waals surface area contributed by atoms with E-state index in [1.54, 1.807) is 0 Å². The topological polar surface area (TPSA) is 32.5 Å². The summed E-state index contributed by atoms with van der Waals surface area (Å²) in [6.07, 6.45) is 2.74. The van der Waals surface area contributed by atoms with Crippen molar-refractivity contribution in [3.8, 4) is 0 Å². The number of fused-ring (bicyclic) bond motifs is 1. The summed E-state index contributed by atoms with van der Waals surface area (Å²) in [5.74, 6) is 0. The Morgan fingerprint density at radius 3 is 2.78 bits per heavy atom. The minimum Gasteiger partial charge on any atom is -0.329 e. The van der Waals surface area contributed by atoms with Crippen molar-refractivity contribution in [2.24, 2.45) is 5.73 Å². The molecule has 2 atom stereocenters. The summed E-state index contributed by atoms with van der Waals surface area (Å²) in [4.78, 5) is 5.23. The van der Waals surface area contributed by atoms with E-state index in [4.69, 9.17) is 5.73 Å². The fraction of sp³-hybridized carbons (Fsp3) is 0.600. The van der Waals surface area contributed by atoms with Crippen molar-refractivity contribution in [2.45, 2.75) is 24.9 Å².